The molecule has 48 heavy (non-hydrogen) atoms. The molecule has 2 nitrogen and oxygen atoms in total. The van der Waals surface area contributed by atoms with Crippen molar-refractivity contribution in [1.29, 1.82) is 0 Å². The Balaban J connectivity index is 1.21. The first-order valence-electron chi connectivity index (χ1n) is 17.8. The molecule has 2 heteroatoms. The van der Waals surface area contributed by atoms with Crippen molar-refractivity contribution in [1.82, 2.24) is 9.55 Å². The SMILES string of the molecule is CC1C=C[C@@](C)(c2nc3c(n2-c2ccc(-c4c5ccccc5c(-c5ccc6c(c5)C=CC(C)C6)c5ccccc45)cc2)C=CCC3)CC1. The first-order chi connectivity index (χ1) is 23.5. The Morgan fingerprint density at radius 3 is 2.06 bits per heavy atom. The van der Waals surface area contributed by atoms with Gasteiger partial charge >= 0.3 is 0 Å². The number of benzene rings is 5. The number of fused-ring (bicyclic) bond motifs is 4. The first-order valence-corrected chi connectivity index (χ1v) is 17.8. The number of aromatic nitrogens is 2. The van der Waals surface area contributed by atoms with Crippen molar-refractivity contribution in [3.8, 4) is 27.9 Å². The lowest BCUT2D eigenvalue weighted by Crippen LogP contribution is -2.27. The van der Waals surface area contributed by atoms with Gasteiger partial charge in [-0.2, -0.15) is 0 Å². The summed E-state index contributed by atoms with van der Waals surface area (Å²) in [7, 11) is 0. The van der Waals surface area contributed by atoms with Crippen LogP contribution in [0.25, 0.3) is 61.6 Å². The fourth-order valence-corrected chi connectivity index (χ4v) is 8.46. The van der Waals surface area contributed by atoms with Crippen LogP contribution in [-0.2, 0) is 18.3 Å². The van der Waals surface area contributed by atoms with Crippen molar-refractivity contribution in [2.24, 2.45) is 11.8 Å². The van der Waals surface area contributed by atoms with Crippen molar-refractivity contribution < 1.29 is 0 Å². The molecule has 6 aromatic rings. The minimum absolute atomic E-state index is 0.0800. The monoisotopic (exact) mass is 622 g/mol. The number of rotatable bonds is 4. The van der Waals surface area contributed by atoms with Crippen LogP contribution in [0.2, 0.25) is 0 Å². The lowest BCUT2D eigenvalue weighted by molar-refractivity contribution is 0.419. The lowest BCUT2D eigenvalue weighted by Gasteiger charge is -2.31. The molecule has 3 atom stereocenters. The van der Waals surface area contributed by atoms with Crippen LogP contribution < -0.4 is 0 Å². The van der Waals surface area contributed by atoms with E-state index < -0.39 is 0 Å². The van der Waals surface area contributed by atoms with Gasteiger partial charge in [-0.3, -0.25) is 4.57 Å². The van der Waals surface area contributed by atoms with E-state index in [-0.39, 0.29) is 5.41 Å². The molecule has 0 saturated carbocycles. The lowest BCUT2D eigenvalue weighted by atomic mass is 9.77. The maximum absolute atomic E-state index is 5.34. The molecule has 0 amide bonds. The Morgan fingerprint density at radius 1 is 0.729 bits per heavy atom. The van der Waals surface area contributed by atoms with Crippen molar-refractivity contribution in [2.75, 3.05) is 0 Å². The predicted molar refractivity (Wildman–Crippen MR) is 204 cm³/mol. The summed E-state index contributed by atoms with van der Waals surface area (Å²) in [6.45, 7) is 6.99. The topological polar surface area (TPSA) is 17.8 Å². The molecular weight excluding hydrogens is 581 g/mol. The fourth-order valence-electron chi connectivity index (χ4n) is 8.46. The van der Waals surface area contributed by atoms with Gasteiger partial charge in [-0.25, -0.2) is 4.98 Å². The zero-order valence-corrected chi connectivity index (χ0v) is 28.2. The highest BCUT2D eigenvalue weighted by Gasteiger charge is 2.34. The van der Waals surface area contributed by atoms with Gasteiger partial charge in [0.05, 0.1) is 11.4 Å². The highest BCUT2D eigenvalue weighted by atomic mass is 15.1. The summed E-state index contributed by atoms with van der Waals surface area (Å²) in [5, 5.41) is 5.17. The number of hydrogen-bond donors (Lipinski definition) is 0. The van der Waals surface area contributed by atoms with Gasteiger partial charge < -0.3 is 0 Å². The normalized spacial score (nSPS) is 21.5. The number of allylic oxidation sites excluding steroid dienone is 4. The second-order valence-corrected chi connectivity index (χ2v) is 14.7. The molecule has 0 spiro atoms. The molecule has 0 radical (unpaired) electrons. The zero-order chi connectivity index (χ0) is 32.4. The summed E-state index contributed by atoms with van der Waals surface area (Å²) >= 11 is 0. The molecular formula is C46H42N2. The van der Waals surface area contributed by atoms with Gasteiger partial charge in [0.2, 0.25) is 0 Å². The number of nitrogens with zero attached hydrogens (tertiary/aromatic N) is 2. The molecule has 1 aromatic heterocycles. The smallest absolute Gasteiger partial charge is 0.123 e. The van der Waals surface area contributed by atoms with E-state index in [2.05, 4.69) is 153 Å². The Morgan fingerprint density at radius 2 is 1.40 bits per heavy atom. The molecule has 9 rings (SSSR count). The fraction of sp³-hybridized carbons (Fsp3) is 0.239. The first kappa shape index (κ1) is 29.2. The predicted octanol–water partition coefficient (Wildman–Crippen LogP) is 11.9. The molecule has 2 unspecified atom stereocenters. The molecule has 236 valence electrons. The van der Waals surface area contributed by atoms with Crippen LogP contribution in [0.4, 0.5) is 0 Å². The summed E-state index contributed by atoms with van der Waals surface area (Å²) in [6, 6.07) is 34.4. The van der Waals surface area contributed by atoms with E-state index in [0.29, 0.717) is 11.8 Å². The van der Waals surface area contributed by atoms with E-state index in [9.17, 15) is 0 Å². The van der Waals surface area contributed by atoms with E-state index in [1.165, 1.54) is 84.2 Å². The van der Waals surface area contributed by atoms with E-state index in [4.69, 9.17) is 4.98 Å². The number of aryl methyl sites for hydroxylation is 1. The van der Waals surface area contributed by atoms with Gasteiger partial charge in [0, 0.05) is 11.1 Å². The van der Waals surface area contributed by atoms with Gasteiger partial charge in [0.15, 0.2) is 0 Å². The van der Waals surface area contributed by atoms with Crippen LogP contribution in [-0.4, -0.2) is 9.55 Å². The molecule has 0 bridgehead atoms. The van der Waals surface area contributed by atoms with Crippen molar-refractivity contribution in [3.63, 3.8) is 0 Å². The van der Waals surface area contributed by atoms with Gasteiger partial charge in [-0.15, -0.1) is 0 Å². The molecule has 3 aliphatic rings. The average Bonchev–Trinajstić information content (AvgIpc) is 3.52. The minimum Gasteiger partial charge on any atom is -0.296 e. The van der Waals surface area contributed by atoms with Crippen LogP contribution in [0.5, 0.6) is 0 Å². The molecule has 0 N–H and O–H groups in total. The van der Waals surface area contributed by atoms with Crippen LogP contribution in [0.15, 0.2) is 115 Å². The molecule has 0 fully saturated rings. The highest BCUT2D eigenvalue weighted by Crippen LogP contribution is 2.45. The second kappa shape index (κ2) is 11.3. The Kier molecular flexibility index (Phi) is 6.90. The van der Waals surface area contributed by atoms with Crippen LogP contribution in [0.1, 0.15) is 68.4 Å². The summed E-state index contributed by atoms with van der Waals surface area (Å²) in [6.07, 6.45) is 19.5. The summed E-state index contributed by atoms with van der Waals surface area (Å²) in [5.41, 5.74) is 11.5. The molecule has 3 aliphatic carbocycles. The number of imidazole rings is 1. The summed E-state index contributed by atoms with van der Waals surface area (Å²) < 4.78 is 2.44. The maximum atomic E-state index is 5.34. The van der Waals surface area contributed by atoms with Crippen molar-refractivity contribution >= 4 is 33.7 Å². The van der Waals surface area contributed by atoms with Crippen LogP contribution in [0.3, 0.4) is 0 Å². The standard InChI is InChI=1S/C46H42N2/c1-30-24-26-46(3,27-25-30)45-47-41-14-8-9-15-42(41)48(45)36-22-20-32(21-23-36)43-37-10-4-6-12-39(37)44(40-13-7-5-11-38(40)43)35-19-18-33-28-31(2)16-17-34(33)29-35/h4-7,9-13,15-24,26,29-31H,8,14,25,27-28H2,1-3H3/t30?,31?,46-/m1/s1. The van der Waals surface area contributed by atoms with Crippen molar-refractivity contribution in [2.45, 2.75) is 58.3 Å². The second-order valence-electron chi connectivity index (χ2n) is 14.7. The van der Waals surface area contributed by atoms with E-state index >= 15 is 0 Å². The third-order valence-electron chi connectivity index (χ3n) is 11.2. The summed E-state index contributed by atoms with van der Waals surface area (Å²) in [5.74, 6) is 2.39. The minimum atomic E-state index is -0.0800. The average molecular weight is 623 g/mol. The maximum Gasteiger partial charge on any atom is 0.123 e. The summed E-state index contributed by atoms with van der Waals surface area (Å²) in [4.78, 5) is 5.34. The molecule has 0 aliphatic heterocycles. The highest BCUT2D eigenvalue weighted by molar-refractivity contribution is 6.21. The Hall–Kier alpha value is -4.95. The van der Waals surface area contributed by atoms with Crippen LogP contribution in [0, 0.1) is 11.8 Å². The third kappa shape index (κ3) is 4.72. The van der Waals surface area contributed by atoms with E-state index in [1.54, 1.807) is 0 Å². The van der Waals surface area contributed by atoms with Crippen molar-refractivity contribution in [3.05, 3.63) is 144 Å². The van der Waals surface area contributed by atoms with Gasteiger partial charge in [-0.05, 0) is 130 Å². The quantitative estimate of drug-likeness (QED) is 0.141. The molecule has 1 heterocycles. The zero-order valence-electron chi connectivity index (χ0n) is 28.2. The van der Waals surface area contributed by atoms with E-state index in [0.717, 1.165) is 25.7 Å². The molecule has 5 aromatic carbocycles. The third-order valence-corrected chi connectivity index (χ3v) is 11.2. The number of hydrogen-bond acceptors (Lipinski definition) is 1. The largest absolute Gasteiger partial charge is 0.296 e. The Labute approximate surface area is 284 Å². The van der Waals surface area contributed by atoms with Gasteiger partial charge in [0.1, 0.15) is 5.82 Å². The van der Waals surface area contributed by atoms with Crippen LogP contribution >= 0.6 is 0 Å². The van der Waals surface area contributed by atoms with E-state index in [1.807, 2.05) is 0 Å². The molecule has 0 saturated heterocycles. The Bertz CT molecular complexity index is 2250. The van der Waals surface area contributed by atoms with Gasteiger partial charge in [0.25, 0.3) is 0 Å². The van der Waals surface area contributed by atoms with Gasteiger partial charge in [-0.1, -0.05) is 117 Å².